The molecule has 0 radical (unpaired) electrons. The largest absolute Gasteiger partial charge is 0.369 e. The van der Waals surface area contributed by atoms with Gasteiger partial charge in [-0.15, -0.1) is 0 Å². The number of anilines is 1. The first-order chi connectivity index (χ1) is 9.24. The van der Waals surface area contributed by atoms with Gasteiger partial charge in [0, 0.05) is 25.5 Å². The van der Waals surface area contributed by atoms with Crippen LogP contribution in [0, 0.1) is 6.92 Å². The molecule has 0 saturated carbocycles. The molecule has 0 aromatic carbocycles. The van der Waals surface area contributed by atoms with Gasteiger partial charge in [-0.1, -0.05) is 16.8 Å². The van der Waals surface area contributed by atoms with Gasteiger partial charge < -0.3 is 9.42 Å². The van der Waals surface area contributed by atoms with E-state index in [2.05, 4.69) is 20.0 Å². The van der Waals surface area contributed by atoms with Crippen LogP contribution in [0.3, 0.4) is 0 Å². The first kappa shape index (κ1) is 12.4. The molecular weight excluding hydrogens is 264 g/mol. The highest BCUT2D eigenvalue weighted by molar-refractivity contribution is 6.33. The van der Waals surface area contributed by atoms with E-state index in [0.29, 0.717) is 10.8 Å². The van der Waals surface area contributed by atoms with Crippen LogP contribution in [0.5, 0.6) is 0 Å². The predicted octanol–water partition coefficient (Wildman–Crippen LogP) is 2.81. The van der Waals surface area contributed by atoms with Gasteiger partial charge in [0.2, 0.25) is 5.89 Å². The molecule has 100 valence electrons. The van der Waals surface area contributed by atoms with Gasteiger partial charge in [-0.05, 0) is 25.8 Å². The zero-order valence-corrected chi connectivity index (χ0v) is 11.5. The maximum absolute atomic E-state index is 6.20. The lowest BCUT2D eigenvalue weighted by atomic mass is 9.97. The quantitative estimate of drug-likeness (QED) is 0.845. The van der Waals surface area contributed by atoms with Crippen LogP contribution in [0.25, 0.3) is 0 Å². The minimum Gasteiger partial charge on any atom is -0.369 e. The number of nitrogens with zero attached hydrogens (tertiary/aromatic N) is 4. The summed E-state index contributed by atoms with van der Waals surface area (Å²) < 4.78 is 5.29. The minimum atomic E-state index is 0.277. The van der Waals surface area contributed by atoms with Crippen molar-refractivity contribution >= 4 is 17.3 Å². The van der Waals surface area contributed by atoms with Crippen molar-refractivity contribution in [3.05, 3.63) is 35.2 Å². The second-order valence-electron chi connectivity index (χ2n) is 4.79. The van der Waals surface area contributed by atoms with Crippen molar-refractivity contribution in [1.82, 2.24) is 15.1 Å². The van der Waals surface area contributed by atoms with E-state index in [1.165, 1.54) is 0 Å². The lowest BCUT2D eigenvalue weighted by molar-refractivity contribution is 0.331. The minimum absolute atomic E-state index is 0.277. The molecule has 2 aromatic heterocycles. The molecule has 1 fully saturated rings. The average molecular weight is 279 g/mol. The Bertz CT molecular complexity index is 571. The van der Waals surface area contributed by atoms with Crippen LogP contribution >= 0.6 is 11.6 Å². The fourth-order valence-electron chi connectivity index (χ4n) is 2.50. The van der Waals surface area contributed by atoms with Crippen LogP contribution in [0.2, 0.25) is 5.02 Å². The van der Waals surface area contributed by atoms with Crippen molar-refractivity contribution < 1.29 is 4.52 Å². The molecule has 1 saturated heterocycles. The third-order valence-corrected chi connectivity index (χ3v) is 3.70. The second-order valence-corrected chi connectivity index (χ2v) is 5.20. The zero-order valence-electron chi connectivity index (χ0n) is 10.7. The van der Waals surface area contributed by atoms with Gasteiger partial charge in [0.15, 0.2) is 5.82 Å². The summed E-state index contributed by atoms with van der Waals surface area (Å²) in [6, 6.07) is 1.95. The van der Waals surface area contributed by atoms with Gasteiger partial charge >= 0.3 is 0 Å². The molecular formula is C13H15ClN4O. The number of halogens is 1. The Morgan fingerprint density at radius 3 is 3.11 bits per heavy atom. The summed E-state index contributed by atoms with van der Waals surface area (Å²) in [5.74, 6) is 1.70. The van der Waals surface area contributed by atoms with Gasteiger partial charge in [-0.2, -0.15) is 4.98 Å². The molecule has 0 spiro atoms. The zero-order chi connectivity index (χ0) is 13.2. The van der Waals surface area contributed by atoms with Gasteiger partial charge in [0.25, 0.3) is 0 Å². The van der Waals surface area contributed by atoms with Crippen LogP contribution < -0.4 is 4.90 Å². The van der Waals surface area contributed by atoms with Gasteiger partial charge in [-0.25, -0.2) is 0 Å². The molecule has 1 aliphatic rings. The smallest absolute Gasteiger partial charge is 0.231 e. The van der Waals surface area contributed by atoms with E-state index < -0.39 is 0 Å². The van der Waals surface area contributed by atoms with Crippen molar-refractivity contribution in [1.29, 1.82) is 0 Å². The number of rotatable bonds is 2. The number of pyridine rings is 1. The maximum Gasteiger partial charge on any atom is 0.231 e. The van der Waals surface area contributed by atoms with Crippen LogP contribution in [0.1, 0.15) is 30.5 Å². The summed E-state index contributed by atoms with van der Waals surface area (Å²) in [6.45, 7) is 3.69. The summed E-state index contributed by atoms with van der Waals surface area (Å²) in [5.41, 5.74) is 1.03. The summed E-state index contributed by atoms with van der Waals surface area (Å²) in [5, 5.41) is 4.55. The molecule has 3 rings (SSSR count). The van der Waals surface area contributed by atoms with Gasteiger partial charge in [-0.3, -0.25) is 4.98 Å². The normalized spacial score (nSPS) is 19.7. The average Bonchev–Trinajstić information content (AvgIpc) is 2.86. The number of piperidine rings is 1. The number of hydrogen-bond donors (Lipinski definition) is 0. The third-order valence-electron chi connectivity index (χ3n) is 3.41. The number of aromatic nitrogens is 3. The van der Waals surface area contributed by atoms with Crippen molar-refractivity contribution in [2.45, 2.75) is 25.7 Å². The topological polar surface area (TPSA) is 55.1 Å². The van der Waals surface area contributed by atoms with Crippen molar-refractivity contribution in [3.63, 3.8) is 0 Å². The molecule has 1 aliphatic heterocycles. The van der Waals surface area contributed by atoms with Crippen molar-refractivity contribution in [3.8, 4) is 0 Å². The first-order valence-corrected chi connectivity index (χ1v) is 6.76. The summed E-state index contributed by atoms with van der Waals surface area (Å²) in [6.07, 6.45) is 5.60. The van der Waals surface area contributed by atoms with Crippen LogP contribution in [-0.4, -0.2) is 28.2 Å². The van der Waals surface area contributed by atoms with E-state index >= 15 is 0 Å². The van der Waals surface area contributed by atoms with Crippen molar-refractivity contribution in [2.75, 3.05) is 18.0 Å². The van der Waals surface area contributed by atoms with Gasteiger partial charge in [0.1, 0.15) is 0 Å². The fraction of sp³-hybridized carbons (Fsp3) is 0.462. The Hall–Kier alpha value is -1.62. The molecule has 19 heavy (non-hydrogen) atoms. The number of hydrogen-bond acceptors (Lipinski definition) is 5. The molecule has 0 aliphatic carbocycles. The maximum atomic E-state index is 6.20. The summed E-state index contributed by atoms with van der Waals surface area (Å²) >= 11 is 6.20. The molecule has 2 aromatic rings. The molecule has 0 unspecified atom stereocenters. The predicted molar refractivity (Wildman–Crippen MR) is 72.5 cm³/mol. The highest BCUT2D eigenvalue weighted by Gasteiger charge is 2.26. The lowest BCUT2D eigenvalue weighted by Crippen LogP contribution is -2.34. The standard InChI is InChI=1S/C13H15ClN4O/c1-9-16-13(19-17-9)10-3-2-6-18(8-10)12-4-5-15-7-11(12)14/h4-5,7,10H,2-3,6,8H2,1H3/t10-/m0/s1. The molecule has 0 N–H and O–H groups in total. The molecule has 1 atom stereocenters. The second kappa shape index (κ2) is 5.17. The van der Waals surface area contributed by atoms with E-state index in [1.54, 1.807) is 12.4 Å². The SMILES string of the molecule is Cc1noc([C@H]2CCCN(c3ccncc3Cl)C2)n1. The number of aryl methyl sites for hydroxylation is 1. The van der Waals surface area contributed by atoms with Gasteiger partial charge in [0.05, 0.1) is 16.6 Å². The molecule has 6 heteroatoms. The highest BCUT2D eigenvalue weighted by Crippen LogP contribution is 2.32. The monoisotopic (exact) mass is 278 g/mol. The van der Waals surface area contributed by atoms with Crippen molar-refractivity contribution in [2.24, 2.45) is 0 Å². The van der Waals surface area contributed by atoms with E-state index in [0.717, 1.165) is 37.5 Å². The molecule has 5 nitrogen and oxygen atoms in total. The third kappa shape index (κ3) is 2.56. The Kier molecular flexibility index (Phi) is 3.38. The van der Waals surface area contributed by atoms with Crippen LogP contribution in [0.15, 0.2) is 23.0 Å². The van der Waals surface area contributed by atoms with Crippen LogP contribution in [-0.2, 0) is 0 Å². The Morgan fingerprint density at radius 1 is 1.47 bits per heavy atom. The molecule has 0 bridgehead atoms. The molecule has 0 amide bonds. The van der Waals surface area contributed by atoms with E-state index in [-0.39, 0.29) is 5.92 Å². The Morgan fingerprint density at radius 2 is 2.37 bits per heavy atom. The summed E-state index contributed by atoms with van der Waals surface area (Å²) in [7, 11) is 0. The van der Waals surface area contributed by atoms with E-state index in [9.17, 15) is 0 Å². The first-order valence-electron chi connectivity index (χ1n) is 6.38. The van der Waals surface area contributed by atoms with Crippen LogP contribution in [0.4, 0.5) is 5.69 Å². The Balaban J connectivity index is 1.80. The summed E-state index contributed by atoms with van der Waals surface area (Å²) in [4.78, 5) is 10.6. The van der Waals surface area contributed by atoms with E-state index in [4.69, 9.17) is 16.1 Å². The lowest BCUT2D eigenvalue weighted by Gasteiger charge is -2.33. The van der Waals surface area contributed by atoms with E-state index in [1.807, 2.05) is 13.0 Å². The highest BCUT2D eigenvalue weighted by atomic mass is 35.5. The fourth-order valence-corrected chi connectivity index (χ4v) is 2.74. The Labute approximate surface area is 116 Å². The molecule has 3 heterocycles.